The number of piperidine rings is 1. The maximum Gasteiger partial charge on any atom is 0.236 e. The van der Waals surface area contributed by atoms with Crippen molar-refractivity contribution in [3.63, 3.8) is 0 Å². The Labute approximate surface area is 138 Å². The van der Waals surface area contributed by atoms with E-state index in [4.69, 9.17) is 0 Å². The molecule has 0 bridgehead atoms. The molecule has 4 heteroatoms. The van der Waals surface area contributed by atoms with Gasteiger partial charge in [-0.15, -0.1) is 0 Å². The summed E-state index contributed by atoms with van der Waals surface area (Å²) in [7, 11) is 0. The third kappa shape index (κ3) is 3.32. The largest absolute Gasteiger partial charge is 0.299 e. The third-order valence-corrected chi connectivity index (χ3v) is 5.29. The molecule has 0 atom stereocenters. The van der Waals surface area contributed by atoms with Gasteiger partial charge in [-0.2, -0.15) is 0 Å². The SMILES string of the molecule is CCCCN1C(=O)CC2(CCN(Cc3ccccc3)CC2)C1=O. The molecule has 2 amide bonds. The summed E-state index contributed by atoms with van der Waals surface area (Å²) in [4.78, 5) is 28.9. The number of imide groups is 1. The van der Waals surface area contributed by atoms with E-state index >= 15 is 0 Å². The van der Waals surface area contributed by atoms with Crippen molar-refractivity contribution in [3.8, 4) is 0 Å². The smallest absolute Gasteiger partial charge is 0.236 e. The minimum atomic E-state index is -0.405. The predicted molar refractivity (Wildman–Crippen MR) is 89.6 cm³/mol. The fourth-order valence-electron chi connectivity index (χ4n) is 3.77. The Morgan fingerprint density at radius 3 is 2.43 bits per heavy atom. The summed E-state index contributed by atoms with van der Waals surface area (Å²) >= 11 is 0. The quantitative estimate of drug-likeness (QED) is 0.785. The average molecular weight is 314 g/mol. The van der Waals surface area contributed by atoms with Gasteiger partial charge in [-0.25, -0.2) is 0 Å². The van der Waals surface area contributed by atoms with Crippen molar-refractivity contribution in [3.05, 3.63) is 35.9 Å². The molecule has 1 aromatic rings. The zero-order chi connectivity index (χ0) is 16.3. The Balaban J connectivity index is 1.59. The topological polar surface area (TPSA) is 40.6 Å². The lowest BCUT2D eigenvalue weighted by Gasteiger charge is -2.37. The minimum absolute atomic E-state index is 0.0416. The molecular formula is C19H26N2O2. The summed E-state index contributed by atoms with van der Waals surface area (Å²) < 4.78 is 0. The van der Waals surface area contributed by atoms with Gasteiger partial charge in [-0.05, 0) is 37.9 Å². The molecule has 2 fully saturated rings. The van der Waals surface area contributed by atoms with Crippen molar-refractivity contribution >= 4 is 11.8 Å². The highest BCUT2D eigenvalue weighted by Crippen LogP contribution is 2.42. The van der Waals surface area contributed by atoms with Gasteiger partial charge in [0.05, 0.1) is 5.41 Å². The van der Waals surface area contributed by atoms with Crippen molar-refractivity contribution in [2.45, 2.75) is 45.6 Å². The highest BCUT2D eigenvalue weighted by Gasteiger charge is 2.52. The van der Waals surface area contributed by atoms with Crippen LogP contribution in [0.4, 0.5) is 0 Å². The molecular weight excluding hydrogens is 288 g/mol. The Kier molecular flexibility index (Phi) is 4.81. The van der Waals surface area contributed by atoms with Crippen LogP contribution >= 0.6 is 0 Å². The van der Waals surface area contributed by atoms with Crippen LogP contribution in [-0.2, 0) is 16.1 Å². The van der Waals surface area contributed by atoms with Crippen molar-refractivity contribution in [2.24, 2.45) is 5.41 Å². The van der Waals surface area contributed by atoms with Gasteiger partial charge in [0.25, 0.3) is 0 Å². The fourth-order valence-corrected chi connectivity index (χ4v) is 3.77. The molecule has 2 heterocycles. The second-order valence-electron chi connectivity index (χ2n) is 6.92. The van der Waals surface area contributed by atoms with E-state index in [9.17, 15) is 9.59 Å². The van der Waals surface area contributed by atoms with E-state index in [2.05, 4.69) is 36.1 Å². The van der Waals surface area contributed by atoms with Gasteiger partial charge in [0.1, 0.15) is 0 Å². The fraction of sp³-hybridized carbons (Fsp3) is 0.579. The van der Waals surface area contributed by atoms with Crippen LogP contribution in [0.3, 0.4) is 0 Å². The zero-order valence-electron chi connectivity index (χ0n) is 14.0. The molecule has 0 aromatic heterocycles. The summed E-state index contributed by atoms with van der Waals surface area (Å²) in [6.07, 6.45) is 3.97. The average Bonchev–Trinajstić information content (AvgIpc) is 2.79. The Bertz CT molecular complexity index is 562. The maximum atomic E-state index is 12.8. The standard InChI is InChI=1S/C19H26N2O2/c1-2-3-11-21-17(22)14-19(18(21)23)9-12-20(13-10-19)15-16-7-5-4-6-8-16/h4-8H,2-3,9-15H2,1H3. The normalized spacial score (nSPS) is 21.3. The first kappa shape index (κ1) is 16.2. The Hall–Kier alpha value is -1.68. The van der Waals surface area contributed by atoms with Crippen LogP contribution in [0.25, 0.3) is 0 Å². The van der Waals surface area contributed by atoms with Crippen LogP contribution in [0.15, 0.2) is 30.3 Å². The van der Waals surface area contributed by atoms with E-state index in [0.717, 1.165) is 45.3 Å². The van der Waals surface area contributed by atoms with Crippen molar-refractivity contribution in [1.29, 1.82) is 0 Å². The van der Waals surface area contributed by atoms with E-state index in [1.54, 1.807) is 0 Å². The number of carbonyl (C=O) groups excluding carboxylic acids is 2. The molecule has 2 saturated heterocycles. The van der Waals surface area contributed by atoms with Gasteiger partial charge in [0.15, 0.2) is 0 Å². The summed E-state index contributed by atoms with van der Waals surface area (Å²) in [5.74, 6) is 0.135. The first-order chi connectivity index (χ1) is 11.1. The Morgan fingerprint density at radius 1 is 1.09 bits per heavy atom. The molecule has 0 aliphatic carbocycles. The number of unbranched alkanes of at least 4 members (excludes halogenated alkanes) is 1. The first-order valence-electron chi connectivity index (χ1n) is 8.76. The number of hydrogen-bond acceptors (Lipinski definition) is 3. The number of nitrogens with zero attached hydrogens (tertiary/aromatic N) is 2. The number of carbonyl (C=O) groups is 2. The van der Waals surface area contributed by atoms with Crippen molar-refractivity contribution < 1.29 is 9.59 Å². The molecule has 1 spiro atoms. The van der Waals surface area contributed by atoms with Crippen LogP contribution < -0.4 is 0 Å². The molecule has 0 radical (unpaired) electrons. The van der Waals surface area contributed by atoms with Gasteiger partial charge < -0.3 is 0 Å². The first-order valence-corrected chi connectivity index (χ1v) is 8.76. The second kappa shape index (κ2) is 6.83. The highest BCUT2D eigenvalue weighted by molar-refractivity contribution is 6.05. The molecule has 3 rings (SSSR count). The molecule has 2 aliphatic rings. The molecule has 0 saturated carbocycles. The van der Waals surface area contributed by atoms with Gasteiger partial charge >= 0.3 is 0 Å². The summed E-state index contributed by atoms with van der Waals surface area (Å²) in [6.45, 7) is 5.41. The molecule has 23 heavy (non-hydrogen) atoms. The van der Waals surface area contributed by atoms with Crippen LogP contribution in [0.5, 0.6) is 0 Å². The molecule has 0 N–H and O–H groups in total. The van der Waals surface area contributed by atoms with Crippen molar-refractivity contribution in [2.75, 3.05) is 19.6 Å². The number of amides is 2. The minimum Gasteiger partial charge on any atom is -0.299 e. The van der Waals surface area contributed by atoms with Crippen LogP contribution in [0.2, 0.25) is 0 Å². The third-order valence-electron chi connectivity index (χ3n) is 5.29. The summed E-state index contributed by atoms with van der Waals surface area (Å²) in [5.41, 5.74) is 0.903. The van der Waals surface area contributed by atoms with E-state index in [1.165, 1.54) is 10.5 Å². The predicted octanol–water partition coefficient (Wildman–Crippen LogP) is 2.83. The maximum absolute atomic E-state index is 12.8. The second-order valence-corrected chi connectivity index (χ2v) is 6.92. The molecule has 124 valence electrons. The van der Waals surface area contributed by atoms with Gasteiger partial charge in [-0.1, -0.05) is 43.7 Å². The lowest BCUT2D eigenvalue weighted by atomic mass is 9.77. The number of rotatable bonds is 5. The van der Waals surface area contributed by atoms with Crippen LogP contribution in [-0.4, -0.2) is 41.2 Å². The van der Waals surface area contributed by atoms with E-state index in [1.807, 2.05) is 6.07 Å². The van der Waals surface area contributed by atoms with Gasteiger partial charge in [-0.3, -0.25) is 19.4 Å². The van der Waals surface area contributed by atoms with Gasteiger partial charge in [0.2, 0.25) is 11.8 Å². The lowest BCUT2D eigenvalue weighted by Crippen LogP contribution is -2.44. The van der Waals surface area contributed by atoms with Crippen LogP contribution in [0, 0.1) is 5.41 Å². The molecule has 1 aromatic carbocycles. The van der Waals surface area contributed by atoms with Crippen LogP contribution in [0.1, 0.15) is 44.6 Å². The highest BCUT2D eigenvalue weighted by atomic mass is 16.2. The van der Waals surface area contributed by atoms with E-state index in [-0.39, 0.29) is 11.8 Å². The van der Waals surface area contributed by atoms with E-state index in [0.29, 0.717) is 13.0 Å². The molecule has 4 nitrogen and oxygen atoms in total. The summed E-state index contributed by atoms with van der Waals surface area (Å²) in [6, 6.07) is 10.4. The Morgan fingerprint density at radius 2 is 1.78 bits per heavy atom. The van der Waals surface area contributed by atoms with Crippen molar-refractivity contribution in [1.82, 2.24) is 9.80 Å². The number of likely N-dealkylation sites (tertiary alicyclic amines) is 2. The zero-order valence-corrected chi connectivity index (χ0v) is 14.0. The lowest BCUT2D eigenvalue weighted by molar-refractivity contribution is -0.142. The van der Waals surface area contributed by atoms with E-state index < -0.39 is 5.41 Å². The summed E-state index contributed by atoms with van der Waals surface area (Å²) in [5, 5.41) is 0. The number of hydrogen-bond donors (Lipinski definition) is 0. The molecule has 0 unspecified atom stereocenters. The van der Waals surface area contributed by atoms with Gasteiger partial charge in [0, 0.05) is 19.5 Å². The number of benzene rings is 1. The monoisotopic (exact) mass is 314 g/mol. The molecule has 2 aliphatic heterocycles.